The van der Waals surface area contributed by atoms with Crippen molar-refractivity contribution >= 4 is 5.97 Å². The van der Waals surface area contributed by atoms with Crippen molar-refractivity contribution in [1.82, 2.24) is 0 Å². The molecule has 0 aliphatic rings. The number of hydrogen-bond acceptors (Lipinski definition) is 3. The molecule has 1 atom stereocenters. The third-order valence-corrected chi connectivity index (χ3v) is 1.21. The lowest BCUT2D eigenvalue weighted by Gasteiger charge is -2.16. The van der Waals surface area contributed by atoms with Crippen molar-refractivity contribution in [2.75, 3.05) is 20.8 Å². The van der Waals surface area contributed by atoms with E-state index in [2.05, 4.69) is 9.47 Å². The SMILES string of the molecule is COCC(C(=O)OC)C(F)(F)F. The zero-order valence-electron chi connectivity index (χ0n) is 6.64. The first-order valence-electron chi connectivity index (χ1n) is 3.07. The van der Waals surface area contributed by atoms with Crippen LogP contribution in [-0.4, -0.2) is 33.0 Å². The molecule has 0 rings (SSSR count). The molecule has 0 bridgehead atoms. The van der Waals surface area contributed by atoms with Crippen LogP contribution in [-0.2, 0) is 14.3 Å². The molecule has 6 heteroatoms. The van der Waals surface area contributed by atoms with Crippen molar-refractivity contribution < 1.29 is 27.4 Å². The van der Waals surface area contributed by atoms with E-state index in [1.807, 2.05) is 0 Å². The van der Waals surface area contributed by atoms with Crippen LogP contribution in [0.15, 0.2) is 0 Å². The molecule has 0 aliphatic carbocycles. The second-order valence-electron chi connectivity index (χ2n) is 2.07. The predicted molar refractivity (Wildman–Crippen MR) is 33.4 cm³/mol. The molecule has 72 valence electrons. The standard InChI is InChI=1S/C6H9F3O3/c1-11-3-4(5(10)12-2)6(7,8)9/h4H,3H2,1-2H3. The van der Waals surface area contributed by atoms with Crippen LogP contribution in [0.25, 0.3) is 0 Å². The van der Waals surface area contributed by atoms with Crippen LogP contribution in [0, 0.1) is 5.92 Å². The van der Waals surface area contributed by atoms with Crippen LogP contribution in [0.5, 0.6) is 0 Å². The average Bonchev–Trinajstić information content (AvgIpc) is 1.96. The van der Waals surface area contributed by atoms with Gasteiger partial charge in [0, 0.05) is 7.11 Å². The molecule has 0 aromatic rings. The van der Waals surface area contributed by atoms with Gasteiger partial charge in [-0.1, -0.05) is 0 Å². The van der Waals surface area contributed by atoms with Crippen LogP contribution in [0.4, 0.5) is 13.2 Å². The Morgan fingerprint density at radius 2 is 1.92 bits per heavy atom. The van der Waals surface area contributed by atoms with Gasteiger partial charge in [0.05, 0.1) is 13.7 Å². The summed E-state index contributed by atoms with van der Waals surface area (Å²) in [7, 11) is 1.98. The van der Waals surface area contributed by atoms with Gasteiger partial charge in [0.15, 0.2) is 5.92 Å². The molecule has 0 aliphatic heterocycles. The third-order valence-electron chi connectivity index (χ3n) is 1.21. The number of methoxy groups -OCH3 is 2. The minimum atomic E-state index is -4.61. The molecular formula is C6H9F3O3. The first-order valence-corrected chi connectivity index (χ1v) is 3.07. The Morgan fingerprint density at radius 1 is 1.42 bits per heavy atom. The Labute approximate surface area is 67.4 Å². The Morgan fingerprint density at radius 3 is 2.17 bits per heavy atom. The highest BCUT2D eigenvalue weighted by atomic mass is 19.4. The maximum absolute atomic E-state index is 12.0. The molecule has 0 radical (unpaired) electrons. The molecule has 0 aromatic heterocycles. The zero-order valence-corrected chi connectivity index (χ0v) is 6.64. The third kappa shape index (κ3) is 3.08. The molecule has 0 heterocycles. The highest BCUT2D eigenvalue weighted by molar-refractivity contribution is 5.73. The smallest absolute Gasteiger partial charge is 0.404 e. The molecule has 0 saturated carbocycles. The summed E-state index contributed by atoms with van der Waals surface area (Å²) in [6.45, 7) is -0.712. The van der Waals surface area contributed by atoms with E-state index >= 15 is 0 Å². The minimum absolute atomic E-state index is 0.712. The number of rotatable bonds is 3. The second-order valence-corrected chi connectivity index (χ2v) is 2.07. The predicted octanol–water partition coefficient (Wildman–Crippen LogP) is 0.984. The highest BCUT2D eigenvalue weighted by Gasteiger charge is 2.45. The van der Waals surface area contributed by atoms with Crippen LogP contribution in [0.1, 0.15) is 0 Å². The van der Waals surface area contributed by atoms with E-state index in [0.29, 0.717) is 0 Å². The fraction of sp³-hybridized carbons (Fsp3) is 0.833. The summed E-state index contributed by atoms with van der Waals surface area (Å²) >= 11 is 0. The summed E-state index contributed by atoms with van der Waals surface area (Å²) in [5, 5.41) is 0. The topological polar surface area (TPSA) is 35.5 Å². The number of halogens is 3. The van der Waals surface area contributed by atoms with Crippen molar-refractivity contribution in [3.63, 3.8) is 0 Å². The van der Waals surface area contributed by atoms with E-state index in [1.165, 1.54) is 0 Å². The van der Waals surface area contributed by atoms with E-state index in [-0.39, 0.29) is 0 Å². The molecule has 3 nitrogen and oxygen atoms in total. The molecule has 0 amide bonds. The van der Waals surface area contributed by atoms with Gasteiger partial charge in [-0.2, -0.15) is 13.2 Å². The molecule has 0 aromatic carbocycles. The van der Waals surface area contributed by atoms with Gasteiger partial charge in [-0.05, 0) is 0 Å². The average molecular weight is 186 g/mol. The minimum Gasteiger partial charge on any atom is -0.468 e. The quantitative estimate of drug-likeness (QED) is 0.616. The summed E-state index contributed by atoms with van der Waals surface area (Å²) < 4.78 is 44.1. The number of alkyl halides is 3. The lowest BCUT2D eigenvalue weighted by molar-refractivity contribution is -0.203. The van der Waals surface area contributed by atoms with Gasteiger partial charge in [0.2, 0.25) is 0 Å². The zero-order chi connectivity index (χ0) is 9.78. The van der Waals surface area contributed by atoms with Gasteiger partial charge in [0.25, 0.3) is 0 Å². The van der Waals surface area contributed by atoms with Gasteiger partial charge < -0.3 is 9.47 Å². The lowest BCUT2D eigenvalue weighted by atomic mass is 10.1. The van der Waals surface area contributed by atoms with Gasteiger partial charge in [-0.15, -0.1) is 0 Å². The van der Waals surface area contributed by atoms with Crippen molar-refractivity contribution in [1.29, 1.82) is 0 Å². The van der Waals surface area contributed by atoms with Crippen molar-refractivity contribution in [3.05, 3.63) is 0 Å². The van der Waals surface area contributed by atoms with Crippen LogP contribution < -0.4 is 0 Å². The molecule has 0 saturated heterocycles. The van der Waals surface area contributed by atoms with Crippen LogP contribution >= 0.6 is 0 Å². The van der Waals surface area contributed by atoms with Crippen molar-refractivity contribution in [2.45, 2.75) is 6.18 Å². The van der Waals surface area contributed by atoms with E-state index in [9.17, 15) is 18.0 Å². The van der Waals surface area contributed by atoms with Crippen LogP contribution in [0.3, 0.4) is 0 Å². The molecule has 0 N–H and O–H groups in total. The Bertz CT molecular complexity index is 155. The number of carbonyl (C=O) groups is 1. The Hall–Kier alpha value is -0.780. The normalized spacial score (nSPS) is 14.1. The summed E-state index contributed by atoms with van der Waals surface area (Å²) in [6.07, 6.45) is -4.61. The van der Waals surface area contributed by atoms with E-state index in [4.69, 9.17) is 0 Å². The Kier molecular flexibility index (Phi) is 4.02. The molecule has 0 spiro atoms. The molecular weight excluding hydrogens is 177 g/mol. The van der Waals surface area contributed by atoms with Crippen molar-refractivity contribution in [2.24, 2.45) is 5.92 Å². The van der Waals surface area contributed by atoms with E-state index in [1.54, 1.807) is 0 Å². The van der Waals surface area contributed by atoms with E-state index < -0.39 is 24.7 Å². The summed E-state index contributed by atoms with van der Waals surface area (Å²) in [5.41, 5.74) is 0. The molecule has 0 fully saturated rings. The fourth-order valence-corrected chi connectivity index (χ4v) is 0.605. The van der Waals surface area contributed by atoms with E-state index in [0.717, 1.165) is 14.2 Å². The maximum Gasteiger partial charge on any atom is 0.404 e. The summed E-state index contributed by atoms with van der Waals surface area (Å²) in [6, 6.07) is 0. The van der Waals surface area contributed by atoms with Gasteiger partial charge in [0.1, 0.15) is 0 Å². The number of hydrogen-bond donors (Lipinski definition) is 0. The number of esters is 1. The second kappa shape index (κ2) is 4.30. The Balaban J connectivity index is 4.33. The molecule has 12 heavy (non-hydrogen) atoms. The lowest BCUT2D eigenvalue weighted by Crippen LogP contribution is -2.35. The fourth-order valence-electron chi connectivity index (χ4n) is 0.605. The van der Waals surface area contributed by atoms with Gasteiger partial charge in [-0.3, -0.25) is 4.79 Å². The van der Waals surface area contributed by atoms with Crippen LogP contribution in [0.2, 0.25) is 0 Å². The number of carbonyl (C=O) groups excluding carboxylic acids is 1. The number of ether oxygens (including phenoxy) is 2. The maximum atomic E-state index is 12.0. The first kappa shape index (κ1) is 11.2. The first-order chi connectivity index (χ1) is 5.43. The monoisotopic (exact) mass is 186 g/mol. The van der Waals surface area contributed by atoms with Gasteiger partial charge in [-0.25, -0.2) is 0 Å². The van der Waals surface area contributed by atoms with Crippen molar-refractivity contribution in [3.8, 4) is 0 Å². The molecule has 1 unspecified atom stereocenters. The summed E-state index contributed by atoms with van der Waals surface area (Å²) in [5.74, 6) is -3.52. The largest absolute Gasteiger partial charge is 0.468 e. The highest BCUT2D eigenvalue weighted by Crippen LogP contribution is 2.27. The van der Waals surface area contributed by atoms with Gasteiger partial charge >= 0.3 is 12.1 Å². The summed E-state index contributed by atoms with van der Waals surface area (Å²) in [4.78, 5) is 10.5.